The van der Waals surface area contributed by atoms with E-state index in [1.165, 1.54) is 0 Å². The Balaban J connectivity index is 1.47. The monoisotopic (exact) mass is 392 g/mol. The van der Waals surface area contributed by atoms with Gasteiger partial charge in [0.15, 0.2) is 0 Å². The van der Waals surface area contributed by atoms with E-state index in [1.54, 1.807) is 11.0 Å². The van der Waals surface area contributed by atoms with Crippen LogP contribution in [0.15, 0.2) is 60.7 Å². The van der Waals surface area contributed by atoms with Gasteiger partial charge in [-0.3, -0.25) is 9.59 Å². The fraction of sp³-hybridized carbons (Fsp3) is 0.333. The highest BCUT2D eigenvalue weighted by Crippen LogP contribution is 2.15. The van der Waals surface area contributed by atoms with Crippen molar-refractivity contribution in [3.05, 3.63) is 71.8 Å². The van der Waals surface area contributed by atoms with Crippen molar-refractivity contribution in [1.29, 1.82) is 0 Å². The number of hydrogen-bond donors (Lipinski definition) is 0. The van der Waals surface area contributed by atoms with Gasteiger partial charge in [0.1, 0.15) is 12.4 Å². The van der Waals surface area contributed by atoms with Crippen molar-refractivity contribution in [1.82, 2.24) is 9.80 Å². The average Bonchev–Trinajstić information content (AvgIpc) is 2.77. The molecule has 0 atom stereocenters. The molecular weight excluding hydrogens is 364 g/mol. The van der Waals surface area contributed by atoms with E-state index in [0.717, 1.165) is 16.9 Å². The predicted molar refractivity (Wildman–Crippen MR) is 114 cm³/mol. The van der Waals surface area contributed by atoms with Crippen LogP contribution in [0.2, 0.25) is 0 Å². The predicted octanol–water partition coefficient (Wildman–Crippen LogP) is 3.61. The molecule has 1 aliphatic heterocycles. The van der Waals surface area contributed by atoms with Crippen LogP contribution in [0.4, 0.5) is 0 Å². The van der Waals surface area contributed by atoms with E-state index in [0.29, 0.717) is 32.8 Å². The number of ether oxygens (including phenoxy) is 1. The van der Waals surface area contributed by atoms with Crippen LogP contribution in [0.25, 0.3) is 6.08 Å². The van der Waals surface area contributed by atoms with Crippen molar-refractivity contribution < 1.29 is 14.3 Å². The van der Waals surface area contributed by atoms with Crippen molar-refractivity contribution in [3.8, 4) is 5.75 Å². The number of hydrogen-bond acceptors (Lipinski definition) is 3. The minimum atomic E-state index is -0.0222. The van der Waals surface area contributed by atoms with Crippen molar-refractivity contribution in [2.75, 3.05) is 26.2 Å². The maximum Gasteiger partial charge on any atom is 0.246 e. The molecule has 2 amide bonds. The van der Waals surface area contributed by atoms with E-state index in [1.807, 2.05) is 79.4 Å². The lowest BCUT2D eigenvalue weighted by atomic mass is 10.1. The summed E-state index contributed by atoms with van der Waals surface area (Å²) in [6.45, 7) is 6.69. The Morgan fingerprint density at radius 3 is 2.17 bits per heavy atom. The molecular formula is C24H28N2O3. The third-order valence-corrected chi connectivity index (χ3v) is 4.94. The summed E-state index contributed by atoms with van der Waals surface area (Å²) in [6, 6.07) is 17.7. The summed E-state index contributed by atoms with van der Waals surface area (Å²) >= 11 is 0. The normalized spacial score (nSPS) is 14.4. The number of benzene rings is 2. The molecule has 2 aromatic carbocycles. The van der Waals surface area contributed by atoms with Crippen molar-refractivity contribution in [3.63, 3.8) is 0 Å². The molecule has 152 valence electrons. The molecule has 1 aliphatic rings. The molecule has 0 N–H and O–H groups in total. The number of amides is 2. The zero-order valence-corrected chi connectivity index (χ0v) is 17.1. The van der Waals surface area contributed by atoms with Crippen LogP contribution in [-0.4, -0.2) is 47.8 Å². The SMILES string of the molecule is CC(C)C(=O)N1CCN(C(=O)/C=C/c2ccc(OCc3ccccc3)cc2)CC1. The van der Waals surface area contributed by atoms with Crippen LogP contribution in [0.1, 0.15) is 25.0 Å². The van der Waals surface area contributed by atoms with E-state index >= 15 is 0 Å². The summed E-state index contributed by atoms with van der Waals surface area (Å²) in [4.78, 5) is 28.1. The van der Waals surface area contributed by atoms with Gasteiger partial charge in [0.2, 0.25) is 11.8 Å². The quantitative estimate of drug-likeness (QED) is 0.706. The zero-order chi connectivity index (χ0) is 20.6. The Morgan fingerprint density at radius 1 is 0.931 bits per heavy atom. The summed E-state index contributed by atoms with van der Waals surface area (Å²) in [7, 11) is 0. The standard InChI is InChI=1S/C24H28N2O3/c1-19(2)24(28)26-16-14-25(15-17-26)23(27)13-10-20-8-11-22(12-9-20)29-18-21-6-4-3-5-7-21/h3-13,19H,14-18H2,1-2H3/b13-10+. The van der Waals surface area contributed by atoms with Gasteiger partial charge < -0.3 is 14.5 Å². The first kappa shape index (κ1) is 20.6. The van der Waals surface area contributed by atoms with E-state index < -0.39 is 0 Å². The molecule has 29 heavy (non-hydrogen) atoms. The second kappa shape index (κ2) is 9.92. The van der Waals surface area contributed by atoms with Gasteiger partial charge in [0.05, 0.1) is 0 Å². The summed E-state index contributed by atoms with van der Waals surface area (Å²) < 4.78 is 5.78. The average molecular weight is 392 g/mol. The maximum absolute atomic E-state index is 12.4. The second-order valence-corrected chi connectivity index (χ2v) is 7.48. The molecule has 0 bridgehead atoms. The minimum Gasteiger partial charge on any atom is -0.489 e. The van der Waals surface area contributed by atoms with Gasteiger partial charge in [-0.25, -0.2) is 0 Å². The molecule has 1 saturated heterocycles. The summed E-state index contributed by atoms with van der Waals surface area (Å²) in [5.74, 6) is 0.924. The molecule has 0 saturated carbocycles. The molecule has 1 heterocycles. The molecule has 2 aromatic rings. The maximum atomic E-state index is 12.4. The lowest BCUT2D eigenvalue weighted by molar-refractivity contribution is -0.139. The Labute approximate surface area is 172 Å². The summed E-state index contributed by atoms with van der Waals surface area (Å²) in [5, 5.41) is 0. The van der Waals surface area contributed by atoms with Gasteiger partial charge in [0, 0.05) is 38.2 Å². The summed E-state index contributed by atoms with van der Waals surface area (Å²) in [6.07, 6.45) is 3.41. The Bertz CT molecular complexity index is 836. The second-order valence-electron chi connectivity index (χ2n) is 7.48. The van der Waals surface area contributed by atoms with Crippen LogP contribution >= 0.6 is 0 Å². The first-order valence-corrected chi connectivity index (χ1v) is 10.1. The van der Waals surface area contributed by atoms with E-state index in [-0.39, 0.29) is 17.7 Å². The molecule has 5 heteroatoms. The van der Waals surface area contributed by atoms with Crippen LogP contribution < -0.4 is 4.74 Å². The number of carbonyl (C=O) groups excluding carboxylic acids is 2. The fourth-order valence-corrected chi connectivity index (χ4v) is 3.20. The lowest BCUT2D eigenvalue weighted by Crippen LogP contribution is -2.51. The largest absolute Gasteiger partial charge is 0.489 e. The van der Waals surface area contributed by atoms with Gasteiger partial charge in [-0.15, -0.1) is 0 Å². The van der Waals surface area contributed by atoms with E-state index in [2.05, 4.69) is 0 Å². The minimum absolute atomic E-state index is 0.00297. The first-order valence-electron chi connectivity index (χ1n) is 10.1. The lowest BCUT2D eigenvalue weighted by Gasteiger charge is -2.35. The van der Waals surface area contributed by atoms with Crippen molar-refractivity contribution in [2.45, 2.75) is 20.5 Å². The smallest absolute Gasteiger partial charge is 0.246 e. The fourth-order valence-electron chi connectivity index (χ4n) is 3.20. The molecule has 0 aromatic heterocycles. The Morgan fingerprint density at radius 2 is 1.55 bits per heavy atom. The highest BCUT2D eigenvalue weighted by molar-refractivity contribution is 5.92. The van der Waals surface area contributed by atoms with Gasteiger partial charge in [-0.1, -0.05) is 56.3 Å². The Hall–Kier alpha value is -3.08. The van der Waals surface area contributed by atoms with Crippen LogP contribution in [0, 0.1) is 5.92 Å². The highest BCUT2D eigenvalue weighted by atomic mass is 16.5. The molecule has 5 nitrogen and oxygen atoms in total. The van der Waals surface area contributed by atoms with Crippen molar-refractivity contribution >= 4 is 17.9 Å². The van der Waals surface area contributed by atoms with Gasteiger partial charge >= 0.3 is 0 Å². The summed E-state index contributed by atoms with van der Waals surface area (Å²) in [5.41, 5.74) is 2.07. The highest BCUT2D eigenvalue weighted by Gasteiger charge is 2.24. The molecule has 1 fully saturated rings. The molecule has 0 spiro atoms. The van der Waals surface area contributed by atoms with Crippen LogP contribution in [-0.2, 0) is 16.2 Å². The van der Waals surface area contributed by atoms with E-state index in [9.17, 15) is 9.59 Å². The number of carbonyl (C=O) groups is 2. The zero-order valence-electron chi connectivity index (χ0n) is 17.1. The molecule has 3 rings (SSSR count). The topological polar surface area (TPSA) is 49.9 Å². The van der Waals surface area contributed by atoms with Crippen LogP contribution in [0.5, 0.6) is 5.75 Å². The van der Waals surface area contributed by atoms with Crippen LogP contribution in [0.3, 0.4) is 0 Å². The van der Waals surface area contributed by atoms with Gasteiger partial charge in [-0.05, 0) is 29.3 Å². The number of piperazine rings is 1. The molecule has 0 aliphatic carbocycles. The number of rotatable bonds is 6. The first-order chi connectivity index (χ1) is 14.0. The Kier molecular flexibility index (Phi) is 7.06. The van der Waals surface area contributed by atoms with Gasteiger partial charge in [0.25, 0.3) is 0 Å². The van der Waals surface area contributed by atoms with Gasteiger partial charge in [-0.2, -0.15) is 0 Å². The molecule has 0 radical (unpaired) electrons. The third kappa shape index (κ3) is 5.95. The van der Waals surface area contributed by atoms with E-state index in [4.69, 9.17) is 4.74 Å². The molecule has 0 unspecified atom stereocenters. The third-order valence-electron chi connectivity index (χ3n) is 4.94. The number of nitrogens with zero attached hydrogens (tertiary/aromatic N) is 2. The van der Waals surface area contributed by atoms with Crippen molar-refractivity contribution in [2.24, 2.45) is 5.92 Å².